The summed E-state index contributed by atoms with van der Waals surface area (Å²) in [6.45, 7) is 0.174. The molecule has 0 amide bonds. The molecule has 1 aromatic rings. The van der Waals surface area contributed by atoms with E-state index < -0.39 is 0 Å². The molecule has 0 aromatic heterocycles. The first-order chi connectivity index (χ1) is 6.38. The fraction of sp³-hybridized carbons (Fsp3) is 0.273. The van der Waals surface area contributed by atoms with Gasteiger partial charge < -0.3 is 5.11 Å². The summed E-state index contributed by atoms with van der Waals surface area (Å²) in [4.78, 5) is 0. The average Bonchev–Trinajstić information content (AvgIpc) is 2.17. The monoisotopic (exact) mass is 238 g/mol. The molecule has 0 radical (unpaired) electrons. The number of alkyl halides is 1. The maximum atomic E-state index is 8.81. The molecule has 1 aromatic carbocycles. The van der Waals surface area contributed by atoms with Crippen LogP contribution in [0.4, 0.5) is 0 Å². The lowest BCUT2D eigenvalue weighted by molar-refractivity contribution is 0.299. The highest BCUT2D eigenvalue weighted by atomic mass is 79.9. The lowest BCUT2D eigenvalue weighted by Crippen LogP contribution is -1.93. The lowest BCUT2D eigenvalue weighted by atomic mass is 10.1. The van der Waals surface area contributed by atoms with Crippen LogP contribution < -0.4 is 0 Å². The number of aliphatic hydroxyl groups is 1. The summed E-state index contributed by atoms with van der Waals surface area (Å²) in [7, 11) is 0. The van der Waals surface area contributed by atoms with Crippen molar-refractivity contribution in [3.63, 3.8) is 0 Å². The highest BCUT2D eigenvalue weighted by molar-refractivity contribution is 9.09. The molecule has 1 rings (SSSR count). The van der Waals surface area contributed by atoms with Crippen molar-refractivity contribution in [2.24, 2.45) is 0 Å². The minimum absolute atomic E-state index is 0.174. The first-order valence-electron chi connectivity index (χ1n) is 4.12. The molecule has 1 N–H and O–H groups in total. The number of hydrogen-bond acceptors (Lipinski definition) is 1. The largest absolute Gasteiger partial charge is 0.396 e. The number of aliphatic hydroxyl groups excluding tert-OH is 1. The van der Waals surface area contributed by atoms with Gasteiger partial charge in [-0.3, -0.25) is 0 Å². The van der Waals surface area contributed by atoms with Gasteiger partial charge in [0.1, 0.15) is 0 Å². The van der Waals surface area contributed by atoms with Crippen molar-refractivity contribution in [3.8, 4) is 11.8 Å². The smallest absolute Gasteiger partial charge is 0.0649 e. The number of rotatable bonds is 2. The third-order valence-corrected chi connectivity index (χ3v) is 1.97. The van der Waals surface area contributed by atoms with E-state index in [2.05, 4.69) is 27.8 Å². The van der Waals surface area contributed by atoms with Gasteiger partial charge in [-0.15, -0.1) is 0 Å². The topological polar surface area (TPSA) is 20.2 Å². The van der Waals surface area contributed by atoms with Crippen LogP contribution in [0.15, 0.2) is 24.3 Å². The standard InChI is InChI=1S/C11H11BrO/c12-8-3-6-10-4-1-2-5-11(10)7-9-13/h1-2,4-5,13H,7-9H2. The van der Waals surface area contributed by atoms with Crippen molar-refractivity contribution >= 4 is 15.9 Å². The zero-order valence-electron chi connectivity index (χ0n) is 7.26. The predicted molar refractivity (Wildman–Crippen MR) is 57.9 cm³/mol. The maximum absolute atomic E-state index is 8.81. The molecule has 13 heavy (non-hydrogen) atoms. The third-order valence-electron chi connectivity index (χ3n) is 1.69. The summed E-state index contributed by atoms with van der Waals surface area (Å²) in [5, 5.41) is 9.49. The van der Waals surface area contributed by atoms with Gasteiger partial charge in [0.2, 0.25) is 0 Å². The Labute approximate surface area is 86.9 Å². The molecule has 0 aliphatic heterocycles. The van der Waals surface area contributed by atoms with Crippen LogP contribution in [-0.4, -0.2) is 17.0 Å². The van der Waals surface area contributed by atoms with Gasteiger partial charge in [-0.1, -0.05) is 46.0 Å². The maximum Gasteiger partial charge on any atom is 0.0649 e. The van der Waals surface area contributed by atoms with Gasteiger partial charge in [-0.05, 0) is 18.1 Å². The van der Waals surface area contributed by atoms with Crippen molar-refractivity contribution < 1.29 is 5.11 Å². The van der Waals surface area contributed by atoms with E-state index in [1.54, 1.807) is 0 Å². The first-order valence-corrected chi connectivity index (χ1v) is 5.24. The molecule has 0 saturated heterocycles. The van der Waals surface area contributed by atoms with Crippen LogP contribution in [0.1, 0.15) is 11.1 Å². The molecule has 0 bridgehead atoms. The van der Waals surface area contributed by atoms with Crippen LogP contribution in [0, 0.1) is 11.8 Å². The molecular weight excluding hydrogens is 228 g/mol. The van der Waals surface area contributed by atoms with Crippen molar-refractivity contribution in [2.45, 2.75) is 6.42 Å². The van der Waals surface area contributed by atoms with Crippen LogP contribution >= 0.6 is 15.9 Å². The van der Waals surface area contributed by atoms with Crippen molar-refractivity contribution in [2.75, 3.05) is 11.9 Å². The van der Waals surface area contributed by atoms with E-state index in [1.165, 1.54) is 0 Å². The summed E-state index contributed by atoms with van der Waals surface area (Å²) in [5.41, 5.74) is 2.12. The van der Waals surface area contributed by atoms with Gasteiger partial charge in [-0.25, -0.2) is 0 Å². The molecule has 0 heterocycles. The molecule has 0 atom stereocenters. The third kappa shape index (κ3) is 3.22. The van der Waals surface area contributed by atoms with E-state index in [0.29, 0.717) is 11.8 Å². The number of benzene rings is 1. The van der Waals surface area contributed by atoms with E-state index in [4.69, 9.17) is 5.11 Å². The minimum Gasteiger partial charge on any atom is -0.396 e. The molecule has 0 spiro atoms. The molecular formula is C11H11BrO. The van der Waals surface area contributed by atoms with E-state index in [0.717, 1.165) is 11.1 Å². The molecule has 0 aliphatic rings. The molecule has 2 heteroatoms. The van der Waals surface area contributed by atoms with E-state index in [1.807, 2.05) is 24.3 Å². The Morgan fingerprint density at radius 1 is 1.31 bits per heavy atom. The van der Waals surface area contributed by atoms with Gasteiger partial charge in [0.05, 0.1) is 5.33 Å². The van der Waals surface area contributed by atoms with Gasteiger partial charge in [0.15, 0.2) is 0 Å². The zero-order valence-corrected chi connectivity index (χ0v) is 8.84. The van der Waals surface area contributed by atoms with Gasteiger partial charge in [-0.2, -0.15) is 0 Å². The molecule has 0 unspecified atom stereocenters. The summed E-state index contributed by atoms with van der Waals surface area (Å²) < 4.78 is 0. The first kappa shape index (κ1) is 10.3. The fourth-order valence-corrected chi connectivity index (χ4v) is 1.25. The van der Waals surface area contributed by atoms with Crippen molar-refractivity contribution in [3.05, 3.63) is 35.4 Å². The zero-order chi connectivity index (χ0) is 9.52. The van der Waals surface area contributed by atoms with Crippen LogP contribution in [0.3, 0.4) is 0 Å². The Morgan fingerprint density at radius 2 is 2.08 bits per heavy atom. The summed E-state index contributed by atoms with van der Waals surface area (Å²) in [6.07, 6.45) is 0.674. The number of hydrogen-bond donors (Lipinski definition) is 1. The van der Waals surface area contributed by atoms with Crippen molar-refractivity contribution in [1.82, 2.24) is 0 Å². The van der Waals surface area contributed by atoms with Gasteiger partial charge in [0.25, 0.3) is 0 Å². The van der Waals surface area contributed by atoms with E-state index >= 15 is 0 Å². The molecule has 0 fully saturated rings. The second kappa shape index (κ2) is 5.80. The second-order valence-electron chi connectivity index (χ2n) is 2.57. The summed E-state index contributed by atoms with van der Waals surface area (Å²) in [6, 6.07) is 7.89. The van der Waals surface area contributed by atoms with Crippen molar-refractivity contribution in [1.29, 1.82) is 0 Å². The minimum atomic E-state index is 0.174. The van der Waals surface area contributed by atoms with Crippen LogP contribution in [-0.2, 0) is 6.42 Å². The molecule has 0 saturated carbocycles. The highest BCUT2D eigenvalue weighted by Gasteiger charge is 1.96. The Morgan fingerprint density at radius 3 is 2.77 bits per heavy atom. The van der Waals surface area contributed by atoms with Gasteiger partial charge >= 0.3 is 0 Å². The fourth-order valence-electron chi connectivity index (χ4n) is 1.11. The van der Waals surface area contributed by atoms with Crippen LogP contribution in [0.2, 0.25) is 0 Å². The molecule has 0 aliphatic carbocycles. The predicted octanol–water partition coefficient (Wildman–Crippen LogP) is 1.97. The second-order valence-corrected chi connectivity index (χ2v) is 3.13. The Hall–Kier alpha value is -0.780. The Bertz CT molecular complexity index is 322. The summed E-state index contributed by atoms with van der Waals surface area (Å²) >= 11 is 3.25. The van der Waals surface area contributed by atoms with Gasteiger partial charge in [0, 0.05) is 12.2 Å². The Balaban J connectivity index is 2.90. The number of halogens is 1. The lowest BCUT2D eigenvalue weighted by Gasteiger charge is -2.00. The van der Waals surface area contributed by atoms with E-state index in [-0.39, 0.29) is 6.61 Å². The highest BCUT2D eigenvalue weighted by Crippen LogP contribution is 2.07. The van der Waals surface area contributed by atoms with Crippen LogP contribution in [0.5, 0.6) is 0 Å². The van der Waals surface area contributed by atoms with Crippen LogP contribution in [0.25, 0.3) is 0 Å². The normalized spacial score (nSPS) is 9.08. The summed E-state index contributed by atoms with van der Waals surface area (Å²) in [5.74, 6) is 5.99. The van der Waals surface area contributed by atoms with E-state index in [9.17, 15) is 0 Å². The average molecular weight is 239 g/mol. The SMILES string of the molecule is OCCc1ccccc1C#CCBr. The Kier molecular flexibility index (Phi) is 4.59. The quantitative estimate of drug-likeness (QED) is 0.618. The molecule has 1 nitrogen and oxygen atoms in total. The molecule has 68 valence electrons.